The fourth-order valence-electron chi connectivity index (χ4n) is 4.27. The molecule has 5 rings (SSSR count). The maximum atomic E-state index is 13.7. The van der Waals surface area contributed by atoms with Gasteiger partial charge in [0.1, 0.15) is 25.7 Å². The molecule has 2 aliphatic heterocycles. The standard InChI is InChI=1S/C25H24N4O3S3/c1-5-27-22(31)20(24-26(3)17-14-16(32-4)12-13-18(17)34-24)35-23(27)19-21(30)28(6-2)25(33)29(19)15-10-8-7-9-11-15/h7-14H,5-6H2,1-4H3. The number of hydrogen-bond acceptors (Lipinski definition) is 7. The van der Waals surface area contributed by atoms with Crippen LogP contribution in [0.4, 0.5) is 11.4 Å². The minimum atomic E-state index is -0.193. The zero-order valence-corrected chi connectivity index (χ0v) is 22.2. The number of amides is 1. The van der Waals surface area contributed by atoms with E-state index in [-0.39, 0.29) is 11.5 Å². The lowest BCUT2D eigenvalue weighted by molar-refractivity contribution is -0.120. The number of fused-ring (bicyclic) bond motifs is 1. The van der Waals surface area contributed by atoms with Crippen LogP contribution in [0.2, 0.25) is 0 Å². The number of thiazole rings is 1. The number of hydrogen-bond donors (Lipinski definition) is 0. The van der Waals surface area contributed by atoms with Crippen molar-refractivity contribution >= 4 is 68.4 Å². The van der Waals surface area contributed by atoms with Crippen LogP contribution in [0.5, 0.6) is 5.75 Å². The van der Waals surface area contributed by atoms with Crippen LogP contribution in [0.15, 0.2) is 58.2 Å². The summed E-state index contributed by atoms with van der Waals surface area (Å²) < 4.78 is 8.26. The monoisotopic (exact) mass is 524 g/mol. The van der Waals surface area contributed by atoms with Gasteiger partial charge in [0.2, 0.25) is 0 Å². The normalized spacial score (nSPS) is 18.6. The fraction of sp³-hybridized carbons (Fsp3) is 0.240. The molecule has 1 fully saturated rings. The summed E-state index contributed by atoms with van der Waals surface area (Å²) in [4.78, 5) is 33.7. The van der Waals surface area contributed by atoms with E-state index in [1.165, 1.54) is 11.3 Å². The van der Waals surface area contributed by atoms with Gasteiger partial charge in [0.25, 0.3) is 11.5 Å². The lowest BCUT2D eigenvalue weighted by Crippen LogP contribution is -2.36. The van der Waals surface area contributed by atoms with Gasteiger partial charge in [-0.3, -0.25) is 24.0 Å². The molecule has 7 nitrogen and oxygen atoms in total. The van der Waals surface area contributed by atoms with Crippen molar-refractivity contribution in [3.8, 4) is 5.75 Å². The highest BCUT2D eigenvalue weighted by molar-refractivity contribution is 8.08. The van der Waals surface area contributed by atoms with Crippen molar-refractivity contribution in [3.05, 3.63) is 68.1 Å². The number of thioether (sulfide) groups is 1. The van der Waals surface area contributed by atoms with Crippen molar-refractivity contribution in [2.45, 2.75) is 25.3 Å². The first-order valence-corrected chi connectivity index (χ1v) is 13.2. The first kappa shape index (κ1) is 23.7. The molecule has 3 aromatic rings. The molecule has 0 bridgehead atoms. The summed E-state index contributed by atoms with van der Waals surface area (Å²) in [6.45, 7) is 4.70. The summed E-state index contributed by atoms with van der Waals surface area (Å²) in [5, 5.41) is 1.26. The zero-order chi connectivity index (χ0) is 24.9. The van der Waals surface area contributed by atoms with Crippen molar-refractivity contribution < 1.29 is 9.53 Å². The molecule has 3 heterocycles. The lowest BCUT2D eigenvalue weighted by atomic mass is 10.3. The number of benzene rings is 2. The summed E-state index contributed by atoms with van der Waals surface area (Å²) in [5.41, 5.74) is 2.08. The summed E-state index contributed by atoms with van der Waals surface area (Å²) in [7, 11) is 3.58. The highest BCUT2D eigenvalue weighted by Gasteiger charge is 2.40. The van der Waals surface area contributed by atoms with Gasteiger partial charge in [-0.2, -0.15) is 0 Å². The Balaban J connectivity index is 1.79. The summed E-state index contributed by atoms with van der Waals surface area (Å²) in [6, 6.07) is 15.5. The highest BCUT2D eigenvalue weighted by Crippen LogP contribution is 2.46. The van der Waals surface area contributed by atoms with Crippen LogP contribution in [-0.4, -0.2) is 41.2 Å². The highest BCUT2D eigenvalue weighted by atomic mass is 32.2. The Hall–Kier alpha value is -3.08. The minimum Gasteiger partial charge on any atom is -0.497 e. The predicted octanol–water partition coefficient (Wildman–Crippen LogP) is 3.01. The summed E-state index contributed by atoms with van der Waals surface area (Å²) in [5.74, 6) is 0.566. The van der Waals surface area contributed by atoms with E-state index in [9.17, 15) is 9.59 Å². The molecule has 35 heavy (non-hydrogen) atoms. The van der Waals surface area contributed by atoms with E-state index >= 15 is 0 Å². The number of methoxy groups -OCH3 is 1. The van der Waals surface area contributed by atoms with E-state index < -0.39 is 0 Å². The number of rotatable bonds is 4. The van der Waals surface area contributed by atoms with Gasteiger partial charge in [0.05, 0.1) is 12.8 Å². The molecule has 1 amide bonds. The van der Waals surface area contributed by atoms with Crippen LogP contribution in [0, 0.1) is 0 Å². The molecule has 0 unspecified atom stereocenters. The van der Waals surface area contributed by atoms with Crippen molar-refractivity contribution in [1.29, 1.82) is 0 Å². The molecule has 10 heteroatoms. The number of ether oxygens (including phenoxy) is 1. The third-order valence-electron chi connectivity index (χ3n) is 6.06. The largest absolute Gasteiger partial charge is 0.497 e. The summed E-state index contributed by atoms with van der Waals surface area (Å²) >= 11 is 8.60. The van der Waals surface area contributed by atoms with Crippen LogP contribution < -0.4 is 29.3 Å². The second kappa shape index (κ2) is 9.18. The molecule has 0 saturated carbocycles. The molecular weight excluding hydrogens is 501 g/mol. The topological polar surface area (TPSA) is 58.0 Å². The number of likely N-dealkylation sites (N-methyl/N-ethyl adjacent to an activating group) is 1. The molecular formula is C25H24N4O3S3. The van der Waals surface area contributed by atoms with Crippen LogP contribution >= 0.6 is 35.3 Å². The van der Waals surface area contributed by atoms with Crippen LogP contribution in [-0.2, 0) is 11.3 Å². The SMILES string of the molecule is CCN1C(=O)C(=c2sc(=C3Sc4ccc(OC)cc4N3C)c(=O)n2CC)N(c2ccccc2)C1=S. The molecule has 1 saturated heterocycles. The van der Waals surface area contributed by atoms with Gasteiger partial charge in [-0.1, -0.05) is 30.0 Å². The Bertz CT molecular complexity index is 1530. The first-order valence-electron chi connectivity index (χ1n) is 11.2. The molecule has 0 atom stereocenters. The van der Waals surface area contributed by atoms with Crippen molar-refractivity contribution in [1.82, 2.24) is 9.47 Å². The van der Waals surface area contributed by atoms with E-state index in [0.717, 1.165) is 27.0 Å². The molecule has 0 aliphatic carbocycles. The Morgan fingerprint density at radius 3 is 2.43 bits per heavy atom. The number of carbonyl (C=O) groups excluding carboxylic acids is 1. The Labute approximate surface area is 216 Å². The number of carbonyl (C=O) groups is 1. The average Bonchev–Trinajstić information content (AvgIpc) is 3.46. The van der Waals surface area contributed by atoms with E-state index in [1.54, 1.807) is 33.2 Å². The maximum absolute atomic E-state index is 13.7. The van der Waals surface area contributed by atoms with Crippen LogP contribution in [0.1, 0.15) is 13.8 Å². The number of thiocarbonyl (C=S) groups is 1. The molecule has 2 aliphatic rings. The third-order valence-corrected chi connectivity index (χ3v) is 9.01. The quantitative estimate of drug-likeness (QED) is 0.487. The Morgan fingerprint density at radius 2 is 1.77 bits per heavy atom. The molecule has 0 spiro atoms. The van der Waals surface area contributed by atoms with Gasteiger partial charge < -0.3 is 9.64 Å². The van der Waals surface area contributed by atoms with Crippen molar-refractivity contribution in [2.75, 3.05) is 30.5 Å². The van der Waals surface area contributed by atoms with Gasteiger partial charge >= 0.3 is 0 Å². The van der Waals surface area contributed by atoms with Gasteiger partial charge in [0.15, 0.2) is 5.11 Å². The Morgan fingerprint density at radius 1 is 1.03 bits per heavy atom. The molecule has 180 valence electrons. The minimum absolute atomic E-state index is 0.115. The lowest BCUT2D eigenvalue weighted by Gasteiger charge is -2.19. The smallest absolute Gasteiger partial charge is 0.280 e. The van der Waals surface area contributed by atoms with Gasteiger partial charge in [-0.25, -0.2) is 0 Å². The van der Waals surface area contributed by atoms with Crippen LogP contribution in [0.3, 0.4) is 0 Å². The van der Waals surface area contributed by atoms with Crippen molar-refractivity contribution in [2.24, 2.45) is 0 Å². The second-order valence-electron chi connectivity index (χ2n) is 7.94. The molecule has 1 aromatic heterocycles. The van der Waals surface area contributed by atoms with E-state index in [1.807, 2.05) is 74.3 Å². The maximum Gasteiger partial charge on any atom is 0.280 e. The van der Waals surface area contributed by atoms with Crippen LogP contribution in [0.25, 0.3) is 10.7 Å². The predicted molar refractivity (Wildman–Crippen MR) is 146 cm³/mol. The van der Waals surface area contributed by atoms with Gasteiger partial charge in [-0.15, -0.1) is 11.3 Å². The van der Waals surface area contributed by atoms with Gasteiger partial charge in [0, 0.05) is 36.8 Å². The molecule has 2 aromatic carbocycles. The number of nitrogens with zero attached hydrogens (tertiary/aromatic N) is 4. The number of aromatic nitrogens is 1. The fourth-order valence-corrected chi connectivity index (χ4v) is 7.20. The molecule has 0 N–H and O–H groups in total. The third kappa shape index (κ3) is 3.67. The second-order valence-corrected chi connectivity index (χ2v) is 10.3. The average molecular weight is 525 g/mol. The van der Waals surface area contributed by atoms with E-state index in [2.05, 4.69) is 0 Å². The number of anilines is 2. The number of para-hydroxylation sites is 1. The molecule has 0 radical (unpaired) electrons. The first-order chi connectivity index (χ1) is 16.9. The Kier molecular flexibility index (Phi) is 6.20. The van der Waals surface area contributed by atoms with Crippen molar-refractivity contribution in [3.63, 3.8) is 0 Å². The summed E-state index contributed by atoms with van der Waals surface area (Å²) in [6.07, 6.45) is 0. The van der Waals surface area contributed by atoms with Gasteiger partial charge in [-0.05, 0) is 50.3 Å². The van der Waals surface area contributed by atoms with E-state index in [0.29, 0.717) is 33.1 Å². The zero-order valence-electron chi connectivity index (χ0n) is 19.8. The van der Waals surface area contributed by atoms with E-state index in [4.69, 9.17) is 17.0 Å².